The summed E-state index contributed by atoms with van der Waals surface area (Å²) in [6.07, 6.45) is 1.22. The van der Waals surface area contributed by atoms with Crippen molar-refractivity contribution in [3.63, 3.8) is 0 Å². The smallest absolute Gasteiger partial charge is 0.254 e. The molecule has 9 nitrogen and oxygen atoms in total. The van der Waals surface area contributed by atoms with Gasteiger partial charge in [0.15, 0.2) is 17.3 Å². The van der Waals surface area contributed by atoms with Gasteiger partial charge in [-0.15, -0.1) is 0 Å². The van der Waals surface area contributed by atoms with E-state index < -0.39 is 0 Å². The van der Waals surface area contributed by atoms with E-state index in [0.29, 0.717) is 40.9 Å². The molecule has 9 heteroatoms. The van der Waals surface area contributed by atoms with Crippen molar-refractivity contribution < 1.29 is 23.5 Å². The van der Waals surface area contributed by atoms with Crippen LogP contribution in [0.3, 0.4) is 0 Å². The van der Waals surface area contributed by atoms with Gasteiger partial charge >= 0.3 is 0 Å². The van der Waals surface area contributed by atoms with Crippen LogP contribution in [0.25, 0.3) is 0 Å². The lowest BCUT2D eigenvalue weighted by Gasteiger charge is -2.17. The molecular formula is C20H22N4O5. The van der Waals surface area contributed by atoms with E-state index in [-0.39, 0.29) is 12.5 Å². The lowest BCUT2D eigenvalue weighted by atomic mass is 10.1. The number of carbonyl (C=O) groups excluding carboxylic acids is 1. The largest absolute Gasteiger partial charge is 0.496 e. The van der Waals surface area contributed by atoms with Crippen LogP contribution in [0.5, 0.6) is 23.0 Å². The van der Waals surface area contributed by atoms with Gasteiger partial charge in [-0.25, -0.2) is 0 Å². The van der Waals surface area contributed by atoms with Crippen molar-refractivity contribution in [2.24, 2.45) is 5.73 Å². The minimum atomic E-state index is -0.224. The second-order valence-corrected chi connectivity index (χ2v) is 6.15. The molecule has 2 N–H and O–H groups in total. The third kappa shape index (κ3) is 4.64. The molecule has 2 aromatic carbocycles. The molecule has 152 valence electrons. The quantitative estimate of drug-likeness (QED) is 0.616. The highest BCUT2D eigenvalue weighted by atomic mass is 16.5. The summed E-state index contributed by atoms with van der Waals surface area (Å²) in [5, 5.41) is 3.72. The molecule has 0 bridgehead atoms. The second-order valence-electron chi connectivity index (χ2n) is 6.15. The molecule has 0 spiro atoms. The zero-order chi connectivity index (χ0) is 20.8. The van der Waals surface area contributed by atoms with Gasteiger partial charge in [0.05, 0.1) is 20.8 Å². The topological polar surface area (TPSA) is 113 Å². The number of methoxy groups -OCH3 is 2. The fourth-order valence-corrected chi connectivity index (χ4v) is 2.74. The first kappa shape index (κ1) is 20.2. The number of ether oxygens (including phenoxy) is 3. The molecule has 1 aromatic heterocycles. The first-order chi connectivity index (χ1) is 14.0. The Kier molecular flexibility index (Phi) is 6.30. The lowest BCUT2D eigenvalue weighted by molar-refractivity contribution is 0.0780. The van der Waals surface area contributed by atoms with E-state index in [9.17, 15) is 4.79 Å². The molecule has 0 atom stereocenters. The minimum Gasteiger partial charge on any atom is -0.496 e. The molecule has 0 aliphatic rings. The Bertz CT molecular complexity index is 975. The fourth-order valence-electron chi connectivity index (χ4n) is 2.74. The van der Waals surface area contributed by atoms with Gasteiger partial charge in [-0.05, 0) is 24.3 Å². The molecule has 0 unspecified atom stereocenters. The Labute approximate surface area is 168 Å². The SMILES string of the molecule is COc1cc(Oc2cc(C(=O)N(C)Cc3ncon3)ccc2OC)ccc1CN. The molecule has 0 aliphatic heterocycles. The monoisotopic (exact) mass is 398 g/mol. The zero-order valence-corrected chi connectivity index (χ0v) is 16.4. The van der Waals surface area contributed by atoms with Crippen molar-refractivity contribution in [2.75, 3.05) is 21.3 Å². The Morgan fingerprint density at radius 2 is 1.90 bits per heavy atom. The number of hydrogen-bond acceptors (Lipinski definition) is 8. The van der Waals surface area contributed by atoms with Crippen LogP contribution >= 0.6 is 0 Å². The summed E-state index contributed by atoms with van der Waals surface area (Å²) in [7, 11) is 4.75. The van der Waals surface area contributed by atoms with Gasteiger partial charge in [-0.2, -0.15) is 4.98 Å². The van der Waals surface area contributed by atoms with E-state index in [1.54, 1.807) is 44.5 Å². The lowest BCUT2D eigenvalue weighted by Crippen LogP contribution is -2.26. The van der Waals surface area contributed by atoms with E-state index in [2.05, 4.69) is 10.1 Å². The molecule has 3 aromatic rings. The number of aromatic nitrogens is 2. The average molecular weight is 398 g/mol. The standard InChI is InChI=1S/C20H22N4O5/c1-24(11-19-22-12-28-23-19)20(25)13-5-7-16(26-2)18(8-13)29-15-6-4-14(10-21)17(9-15)27-3/h4-9,12H,10-11,21H2,1-3H3. The van der Waals surface area contributed by atoms with E-state index >= 15 is 0 Å². The number of benzene rings is 2. The van der Waals surface area contributed by atoms with Crippen LogP contribution in [0.15, 0.2) is 47.3 Å². The van der Waals surface area contributed by atoms with E-state index in [0.717, 1.165) is 5.56 Å². The maximum Gasteiger partial charge on any atom is 0.254 e. The molecule has 0 saturated heterocycles. The van der Waals surface area contributed by atoms with Crippen molar-refractivity contribution in [3.05, 3.63) is 59.7 Å². The van der Waals surface area contributed by atoms with E-state index in [1.165, 1.54) is 18.4 Å². The number of rotatable bonds is 8. The average Bonchev–Trinajstić information content (AvgIpc) is 3.26. The molecule has 0 aliphatic carbocycles. The predicted molar refractivity (Wildman–Crippen MR) is 104 cm³/mol. The van der Waals surface area contributed by atoms with Crippen molar-refractivity contribution in [1.82, 2.24) is 15.0 Å². The van der Waals surface area contributed by atoms with Crippen LogP contribution in [0.1, 0.15) is 21.7 Å². The summed E-state index contributed by atoms with van der Waals surface area (Å²) in [4.78, 5) is 18.2. The van der Waals surface area contributed by atoms with Gasteiger partial charge in [-0.3, -0.25) is 4.79 Å². The molecule has 0 saturated carbocycles. The summed E-state index contributed by atoms with van der Waals surface area (Å²) in [5.41, 5.74) is 6.99. The molecule has 3 rings (SSSR count). The van der Waals surface area contributed by atoms with Crippen LogP contribution in [-0.2, 0) is 13.1 Å². The van der Waals surface area contributed by atoms with E-state index in [4.69, 9.17) is 24.5 Å². The third-order valence-electron chi connectivity index (χ3n) is 4.25. The van der Waals surface area contributed by atoms with Crippen molar-refractivity contribution in [2.45, 2.75) is 13.1 Å². The third-order valence-corrected chi connectivity index (χ3v) is 4.25. The Morgan fingerprint density at radius 3 is 2.55 bits per heavy atom. The van der Waals surface area contributed by atoms with Crippen molar-refractivity contribution >= 4 is 5.91 Å². The van der Waals surface area contributed by atoms with Crippen LogP contribution in [0, 0.1) is 0 Å². The predicted octanol–water partition coefficient (Wildman–Crippen LogP) is 2.61. The highest BCUT2D eigenvalue weighted by Crippen LogP contribution is 2.35. The van der Waals surface area contributed by atoms with Gasteiger partial charge in [0, 0.05) is 30.8 Å². The number of carbonyl (C=O) groups is 1. The number of nitrogens with zero attached hydrogens (tertiary/aromatic N) is 3. The summed E-state index contributed by atoms with van der Waals surface area (Å²) in [6.45, 7) is 0.568. The Morgan fingerprint density at radius 1 is 1.10 bits per heavy atom. The minimum absolute atomic E-state index is 0.218. The second kappa shape index (κ2) is 9.07. The van der Waals surface area contributed by atoms with Gasteiger partial charge in [-0.1, -0.05) is 11.2 Å². The maximum atomic E-state index is 12.8. The summed E-state index contributed by atoms with van der Waals surface area (Å²) in [5.74, 6) is 2.23. The molecule has 1 amide bonds. The number of amides is 1. The fraction of sp³-hybridized carbons (Fsp3) is 0.250. The van der Waals surface area contributed by atoms with Crippen LogP contribution in [0.2, 0.25) is 0 Å². The highest BCUT2D eigenvalue weighted by molar-refractivity contribution is 5.94. The number of hydrogen-bond donors (Lipinski definition) is 1. The summed E-state index contributed by atoms with van der Waals surface area (Å²) < 4.78 is 21.4. The molecular weight excluding hydrogens is 376 g/mol. The number of nitrogens with two attached hydrogens (primary N) is 1. The molecule has 29 heavy (non-hydrogen) atoms. The Hall–Kier alpha value is -3.59. The van der Waals surface area contributed by atoms with Gasteiger partial charge in [0.2, 0.25) is 6.39 Å². The summed E-state index contributed by atoms with van der Waals surface area (Å²) in [6, 6.07) is 10.3. The first-order valence-electron chi connectivity index (χ1n) is 8.79. The molecule has 1 heterocycles. The van der Waals surface area contributed by atoms with Crippen LogP contribution in [-0.4, -0.2) is 42.2 Å². The normalized spacial score (nSPS) is 10.5. The molecule has 0 radical (unpaired) electrons. The van der Waals surface area contributed by atoms with Gasteiger partial charge in [0.1, 0.15) is 11.5 Å². The van der Waals surface area contributed by atoms with Crippen molar-refractivity contribution in [1.29, 1.82) is 0 Å². The van der Waals surface area contributed by atoms with E-state index in [1.807, 2.05) is 6.07 Å². The van der Waals surface area contributed by atoms with Crippen molar-refractivity contribution in [3.8, 4) is 23.0 Å². The zero-order valence-electron chi connectivity index (χ0n) is 16.4. The molecule has 0 fully saturated rings. The van der Waals surface area contributed by atoms with Gasteiger partial charge in [0.25, 0.3) is 5.91 Å². The highest BCUT2D eigenvalue weighted by Gasteiger charge is 2.17. The van der Waals surface area contributed by atoms with Crippen LogP contribution < -0.4 is 19.9 Å². The summed E-state index contributed by atoms with van der Waals surface area (Å²) >= 11 is 0. The van der Waals surface area contributed by atoms with Gasteiger partial charge < -0.3 is 29.4 Å². The Balaban J connectivity index is 1.84. The maximum absolute atomic E-state index is 12.8. The van der Waals surface area contributed by atoms with Crippen LogP contribution in [0.4, 0.5) is 0 Å². The first-order valence-corrected chi connectivity index (χ1v) is 8.79.